The highest BCUT2D eigenvalue weighted by Gasteiger charge is 2.18. The smallest absolute Gasteiger partial charge is 0.253 e. The average molecular weight is 317 g/mol. The number of hydrogen-bond donors (Lipinski definition) is 0. The summed E-state index contributed by atoms with van der Waals surface area (Å²) < 4.78 is 38.2. The molecule has 0 atom stereocenters. The average Bonchev–Trinajstić information content (AvgIpc) is 2.91. The first-order valence-electron chi connectivity index (χ1n) is 7.28. The summed E-state index contributed by atoms with van der Waals surface area (Å²) in [5.41, 5.74) is 1.99. The summed E-state index contributed by atoms with van der Waals surface area (Å²) >= 11 is 1.15. The van der Waals surface area contributed by atoms with Crippen LogP contribution in [0.2, 0.25) is 0 Å². The molecule has 2 rings (SSSR count). The lowest BCUT2D eigenvalue weighted by atomic mass is 10.1. The van der Waals surface area contributed by atoms with Gasteiger partial charge in [-0.2, -0.15) is 4.37 Å². The molecule has 7 heteroatoms. The molecule has 4 nitrogen and oxygen atoms in total. The minimum atomic E-state index is -2.20. The van der Waals surface area contributed by atoms with E-state index in [2.05, 4.69) is 26.8 Å². The maximum absolute atomic E-state index is 12.0. The molecule has 1 aromatic heterocycles. The second-order valence-corrected chi connectivity index (χ2v) is 5.79. The lowest BCUT2D eigenvalue weighted by Gasteiger charge is -2.22. The van der Waals surface area contributed by atoms with Crippen LogP contribution in [-0.4, -0.2) is 46.8 Å². The predicted molar refractivity (Wildman–Crippen MR) is 80.0 cm³/mol. The fourth-order valence-electron chi connectivity index (χ4n) is 2.28. The second kappa shape index (κ2) is 8.38. The number of rotatable bonds is 8. The quantitative estimate of drug-likeness (QED) is 0.688. The Labute approximate surface area is 128 Å². The van der Waals surface area contributed by atoms with Gasteiger partial charge in [0, 0.05) is 19.5 Å². The SMILES string of the molecule is CN1CCC=C(c2nsnc2OCCCCCC(F)F)C1. The van der Waals surface area contributed by atoms with E-state index in [0.29, 0.717) is 18.9 Å². The Balaban J connectivity index is 1.77. The Hall–Kier alpha value is -1.08. The molecule has 0 N–H and O–H groups in total. The van der Waals surface area contributed by atoms with Crippen LogP contribution in [0.15, 0.2) is 6.08 Å². The number of aromatic nitrogens is 2. The lowest BCUT2D eigenvalue weighted by Crippen LogP contribution is -2.25. The third-order valence-electron chi connectivity index (χ3n) is 3.41. The van der Waals surface area contributed by atoms with Crippen molar-refractivity contribution in [3.63, 3.8) is 0 Å². The molecule has 118 valence electrons. The molecule has 0 aliphatic carbocycles. The fourth-order valence-corrected chi connectivity index (χ4v) is 2.81. The summed E-state index contributed by atoms with van der Waals surface area (Å²) in [5, 5.41) is 0. The van der Waals surface area contributed by atoms with E-state index >= 15 is 0 Å². The van der Waals surface area contributed by atoms with Crippen molar-refractivity contribution in [3.05, 3.63) is 11.8 Å². The van der Waals surface area contributed by atoms with Gasteiger partial charge in [0.2, 0.25) is 6.43 Å². The Bertz CT molecular complexity index is 465. The molecule has 0 amide bonds. The Morgan fingerprint density at radius 2 is 2.19 bits per heavy atom. The normalized spacial score (nSPS) is 16.3. The molecule has 0 radical (unpaired) electrons. The zero-order valence-corrected chi connectivity index (χ0v) is 13.0. The minimum Gasteiger partial charge on any atom is -0.475 e. The van der Waals surface area contributed by atoms with Crippen LogP contribution in [0.4, 0.5) is 8.78 Å². The van der Waals surface area contributed by atoms with E-state index < -0.39 is 6.43 Å². The van der Waals surface area contributed by atoms with E-state index in [4.69, 9.17) is 4.74 Å². The largest absolute Gasteiger partial charge is 0.475 e. The fraction of sp³-hybridized carbons (Fsp3) is 0.714. The van der Waals surface area contributed by atoms with Crippen LogP contribution in [0.3, 0.4) is 0 Å². The summed E-state index contributed by atoms with van der Waals surface area (Å²) in [7, 11) is 2.08. The van der Waals surface area contributed by atoms with E-state index in [1.807, 2.05) is 0 Å². The van der Waals surface area contributed by atoms with Crippen molar-refractivity contribution in [2.24, 2.45) is 0 Å². The summed E-state index contributed by atoms with van der Waals surface area (Å²) in [5.74, 6) is 0.579. The Morgan fingerprint density at radius 3 is 2.95 bits per heavy atom. The van der Waals surface area contributed by atoms with Crippen molar-refractivity contribution in [1.82, 2.24) is 13.6 Å². The number of hydrogen-bond acceptors (Lipinski definition) is 5. The molecular weight excluding hydrogens is 296 g/mol. The van der Waals surface area contributed by atoms with Gasteiger partial charge in [-0.25, -0.2) is 8.78 Å². The third kappa shape index (κ3) is 5.32. The van der Waals surface area contributed by atoms with Crippen molar-refractivity contribution in [2.45, 2.75) is 38.5 Å². The van der Waals surface area contributed by atoms with Gasteiger partial charge in [-0.1, -0.05) is 6.08 Å². The van der Waals surface area contributed by atoms with Crippen LogP contribution in [0, 0.1) is 0 Å². The van der Waals surface area contributed by atoms with Crippen molar-refractivity contribution < 1.29 is 13.5 Å². The first-order chi connectivity index (χ1) is 10.2. The van der Waals surface area contributed by atoms with Gasteiger partial charge in [-0.15, -0.1) is 4.37 Å². The van der Waals surface area contributed by atoms with E-state index in [-0.39, 0.29) is 6.42 Å². The number of alkyl halides is 2. The summed E-state index contributed by atoms with van der Waals surface area (Å²) in [6.45, 7) is 2.42. The number of ether oxygens (including phenoxy) is 1. The maximum Gasteiger partial charge on any atom is 0.253 e. The zero-order valence-electron chi connectivity index (χ0n) is 12.2. The molecule has 0 saturated heterocycles. The van der Waals surface area contributed by atoms with Crippen molar-refractivity contribution in [3.8, 4) is 5.88 Å². The van der Waals surface area contributed by atoms with Gasteiger partial charge in [0.05, 0.1) is 18.3 Å². The van der Waals surface area contributed by atoms with Crippen LogP contribution < -0.4 is 4.74 Å². The number of likely N-dealkylation sites (N-methyl/N-ethyl adjacent to an activating group) is 1. The molecule has 0 saturated carbocycles. The lowest BCUT2D eigenvalue weighted by molar-refractivity contribution is 0.133. The molecule has 1 aliphatic rings. The minimum absolute atomic E-state index is 0.0251. The van der Waals surface area contributed by atoms with Gasteiger partial charge in [0.1, 0.15) is 5.69 Å². The van der Waals surface area contributed by atoms with E-state index in [1.165, 1.54) is 0 Å². The van der Waals surface area contributed by atoms with Crippen LogP contribution in [0.1, 0.15) is 37.8 Å². The van der Waals surface area contributed by atoms with Crippen LogP contribution in [-0.2, 0) is 0 Å². The first kappa shape index (κ1) is 16.3. The van der Waals surface area contributed by atoms with Gasteiger partial charge in [-0.3, -0.25) is 0 Å². The summed E-state index contributed by atoms with van der Waals surface area (Å²) in [6.07, 6.45) is 3.03. The third-order valence-corrected chi connectivity index (χ3v) is 3.92. The Kier molecular flexibility index (Phi) is 6.50. The van der Waals surface area contributed by atoms with Crippen LogP contribution >= 0.6 is 11.7 Å². The van der Waals surface area contributed by atoms with Gasteiger partial charge >= 0.3 is 0 Å². The van der Waals surface area contributed by atoms with E-state index in [0.717, 1.165) is 55.3 Å². The van der Waals surface area contributed by atoms with Gasteiger partial charge in [0.15, 0.2) is 0 Å². The molecule has 21 heavy (non-hydrogen) atoms. The standard InChI is InChI=1S/C14H21F2N3OS/c1-19-8-5-6-11(10-19)13-14(18-21-17-13)20-9-4-2-3-7-12(15)16/h6,12H,2-5,7-10H2,1H3. The van der Waals surface area contributed by atoms with Gasteiger partial charge < -0.3 is 9.64 Å². The van der Waals surface area contributed by atoms with E-state index in [9.17, 15) is 8.78 Å². The van der Waals surface area contributed by atoms with Crippen LogP contribution in [0.25, 0.3) is 5.57 Å². The van der Waals surface area contributed by atoms with Gasteiger partial charge in [-0.05, 0) is 38.3 Å². The highest BCUT2D eigenvalue weighted by atomic mass is 32.1. The molecule has 2 heterocycles. The molecule has 0 fully saturated rings. The monoisotopic (exact) mass is 317 g/mol. The summed E-state index contributed by atoms with van der Waals surface area (Å²) in [6, 6.07) is 0. The summed E-state index contributed by atoms with van der Waals surface area (Å²) in [4.78, 5) is 2.24. The topological polar surface area (TPSA) is 38.2 Å². The van der Waals surface area contributed by atoms with Gasteiger partial charge in [0.25, 0.3) is 5.88 Å². The van der Waals surface area contributed by atoms with Crippen molar-refractivity contribution >= 4 is 17.3 Å². The first-order valence-corrected chi connectivity index (χ1v) is 8.01. The predicted octanol–water partition coefficient (Wildman–Crippen LogP) is 3.46. The number of halogens is 2. The maximum atomic E-state index is 12.0. The second-order valence-electron chi connectivity index (χ2n) is 5.26. The molecular formula is C14H21F2N3OS. The molecule has 0 bridgehead atoms. The highest BCUT2D eigenvalue weighted by molar-refractivity contribution is 6.99. The molecule has 0 spiro atoms. The number of nitrogens with zero attached hydrogens (tertiary/aromatic N) is 3. The van der Waals surface area contributed by atoms with Crippen molar-refractivity contribution in [1.29, 1.82) is 0 Å². The number of unbranched alkanes of at least 4 members (excludes halogenated alkanes) is 2. The molecule has 1 aliphatic heterocycles. The molecule has 0 unspecified atom stereocenters. The van der Waals surface area contributed by atoms with Crippen molar-refractivity contribution in [2.75, 3.05) is 26.7 Å². The molecule has 0 aromatic carbocycles. The Morgan fingerprint density at radius 1 is 1.33 bits per heavy atom. The zero-order chi connectivity index (χ0) is 15.1. The highest BCUT2D eigenvalue weighted by Crippen LogP contribution is 2.27. The molecule has 1 aromatic rings. The van der Waals surface area contributed by atoms with Crippen LogP contribution in [0.5, 0.6) is 5.88 Å². The van der Waals surface area contributed by atoms with E-state index in [1.54, 1.807) is 0 Å².